The average molecular weight is 287 g/mol. The van der Waals surface area contributed by atoms with Crippen LogP contribution < -0.4 is 4.89 Å². The van der Waals surface area contributed by atoms with E-state index in [4.69, 9.17) is 0 Å². The molecule has 1 atom stereocenters. The van der Waals surface area contributed by atoms with Crippen molar-refractivity contribution in [2.24, 2.45) is 0 Å². The lowest BCUT2D eigenvalue weighted by Gasteiger charge is -2.16. The van der Waals surface area contributed by atoms with Gasteiger partial charge in [0.1, 0.15) is 0 Å². The number of rotatable bonds is 15. The van der Waals surface area contributed by atoms with Gasteiger partial charge in [-0.3, -0.25) is 0 Å². The molecule has 0 fully saturated rings. The van der Waals surface area contributed by atoms with Crippen LogP contribution in [0.25, 0.3) is 0 Å². The van der Waals surface area contributed by atoms with Crippen molar-refractivity contribution in [2.75, 3.05) is 12.8 Å². The fourth-order valence-corrected chi connectivity index (χ4v) is 3.20. The zero-order valence-electron chi connectivity index (χ0n) is 13.5. The first kappa shape index (κ1) is 19.4. The molecule has 2 heteroatoms. The van der Waals surface area contributed by atoms with Crippen molar-refractivity contribution in [3.05, 3.63) is 0 Å². The summed E-state index contributed by atoms with van der Waals surface area (Å²) in [6.45, 7) is 4.12. The highest BCUT2D eigenvalue weighted by Crippen LogP contribution is 2.20. The number of hydrogen-bond donors (Lipinski definition) is 0. The van der Waals surface area contributed by atoms with Gasteiger partial charge in [-0.25, -0.2) is 8.15 Å². The quantitative estimate of drug-likeness (QED) is 0.273. The molecule has 0 spiro atoms. The van der Waals surface area contributed by atoms with Gasteiger partial charge in [-0.05, 0) is 6.16 Å². The molecule has 0 aliphatic rings. The van der Waals surface area contributed by atoms with Crippen molar-refractivity contribution in [3.8, 4) is 0 Å². The highest BCUT2D eigenvalue weighted by Gasteiger charge is 1.94. The Kier molecular flexibility index (Phi) is 16.8. The van der Waals surface area contributed by atoms with Crippen LogP contribution in [0.3, 0.4) is 0 Å². The summed E-state index contributed by atoms with van der Waals surface area (Å²) in [7, 11) is -0.891. The first-order chi connectivity index (χ1) is 9.27. The number of hydrogen-bond acceptors (Lipinski definition) is 1. The van der Waals surface area contributed by atoms with Gasteiger partial charge in [0.15, 0.2) is 0 Å². The van der Waals surface area contributed by atoms with Crippen LogP contribution in [0.5, 0.6) is 0 Å². The summed E-state index contributed by atoms with van der Waals surface area (Å²) in [5, 5.41) is 0. The van der Waals surface area contributed by atoms with Gasteiger partial charge >= 0.3 is 0 Å². The van der Waals surface area contributed by atoms with E-state index in [2.05, 4.69) is 6.92 Å². The standard InChI is InChI=1S/C17H36OP/c1-3-4-5-6-7-8-9-10-11-12-13-14-15-16-17-19(2)18/h3-17H2,1-2H3/q-1. The second kappa shape index (κ2) is 16.4. The first-order valence-corrected chi connectivity index (χ1v) is 10.5. The molecule has 0 radical (unpaired) electrons. The van der Waals surface area contributed by atoms with Crippen molar-refractivity contribution in [3.63, 3.8) is 0 Å². The Bertz CT molecular complexity index is 159. The zero-order chi connectivity index (χ0) is 14.2. The van der Waals surface area contributed by atoms with Crippen LogP contribution in [0.15, 0.2) is 0 Å². The maximum Gasteiger partial charge on any atom is -0.0473 e. The Hall–Kier alpha value is 0.390. The van der Waals surface area contributed by atoms with Crippen LogP contribution in [-0.2, 0) is 0 Å². The molecule has 0 amide bonds. The Morgan fingerprint density at radius 1 is 0.579 bits per heavy atom. The Balaban J connectivity index is 2.91. The van der Waals surface area contributed by atoms with Crippen LogP contribution in [0.2, 0.25) is 0 Å². The minimum Gasteiger partial charge on any atom is -0.829 e. The first-order valence-electron chi connectivity index (χ1n) is 8.65. The van der Waals surface area contributed by atoms with Crippen molar-refractivity contribution in [2.45, 2.75) is 96.8 Å². The maximum absolute atomic E-state index is 10.9. The molecule has 1 unspecified atom stereocenters. The third kappa shape index (κ3) is 18.4. The maximum atomic E-state index is 10.9. The van der Waals surface area contributed by atoms with E-state index in [-0.39, 0.29) is 0 Å². The summed E-state index contributed by atoms with van der Waals surface area (Å²) in [5.74, 6) is 0. The topological polar surface area (TPSA) is 23.1 Å². The fraction of sp³-hybridized carbons (Fsp3) is 1.00. The lowest BCUT2D eigenvalue weighted by Crippen LogP contribution is -1.96. The summed E-state index contributed by atoms with van der Waals surface area (Å²) < 4.78 is 0. The average Bonchev–Trinajstić information content (AvgIpc) is 2.39. The minimum absolute atomic E-state index is 0.891. The highest BCUT2D eigenvalue weighted by atomic mass is 31.1. The van der Waals surface area contributed by atoms with Crippen molar-refractivity contribution in [1.29, 1.82) is 0 Å². The fourth-order valence-electron chi connectivity index (χ4n) is 2.53. The monoisotopic (exact) mass is 287 g/mol. The summed E-state index contributed by atoms with van der Waals surface area (Å²) in [6.07, 6.45) is 20.4. The molecule has 0 aromatic carbocycles. The summed E-state index contributed by atoms with van der Waals surface area (Å²) in [6, 6.07) is 0. The van der Waals surface area contributed by atoms with Gasteiger partial charge < -0.3 is 4.89 Å². The zero-order valence-corrected chi connectivity index (χ0v) is 14.4. The van der Waals surface area contributed by atoms with E-state index in [0.29, 0.717) is 0 Å². The van der Waals surface area contributed by atoms with Gasteiger partial charge in [-0.15, -0.1) is 0 Å². The SMILES string of the molecule is CCCCCCCCCCCCCCCCP(C)[O-]. The van der Waals surface area contributed by atoms with Gasteiger partial charge in [0.2, 0.25) is 0 Å². The molecule has 0 heterocycles. The van der Waals surface area contributed by atoms with Gasteiger partial charge in [0.05, 0.1) is 0 Å². The molecule has 0 saturated heterocycles. The van der Waals surface area contributed by atoms with E-state index in [9.17, 15) is 4.89 Å². The van der Waals surface area contributed by atoms with E-state index in [1.807, 2.05) is 6.66 Å². The van der Waals surface area contributed by atoms with Crippen LogP contribution in [0.1, 0.15) is 96.8 Å². The van der Waals surface area contributed by atoms with Gasteiger partial charge in [-0.1, -0.05) is 103 Å². The molecule has 0 aromatic rings. The molecule has 1 nitrogen and oxygen atoms in total. The Labute approximate surface area is 123 Å². The van der Waals surface area contributed by atoms with Crippen LogP contribution in [-0.4, -0.2) is 12.8 Å². The predicted octanol–water partition coefficient (Wildman–Crippen LogP) is 5.85. The molecule has 116 valence electrons. The van der Waals surface area contributed by atoms with E-state index >= 15 is 0 Å². The minimum atomic E-state index is -0.891. The molecule has 0 aromatic heterocycles. The van der Waals surface area contributed by atoms with Gasteiger partial charge in [0, 0.05) is 0 Å². The van der Waals surface area contributed by atoms with E-state index < -0.39 is 8.15 Å². The molecule has 19 heavy (non-hydrogen) atoms. The third-order valence-electron chi connectivity index (χ3n) is 3.83. The lowest BCUT2D eigenvalue weighted by atomic mass is 10.0. The molecular weight excluding hydrogens is 251 g/mol. The molecule has 0 N–H and O–H groups in total. The normalized spacial score (nSPS) is 12.8. The van der Waals surface area contributed by atoms with Crippen molar-refractivity contribution < 1.29 is 4.89 Å². The summed E-state index contributed by atoms with van der Waals surface area (Å²) >= 11 is 0. The van der Waals surface area contributed by atoms with E-state index in [0.717, 1.165) is 6.16 Å². The van der Waals surface area contributed by atoms with E-state index in [1.165, 1.54) is 89.9 Å². The highest BCUT2D eigenvalue weighted by molar-refractivity contribution is 7.49. The molecule has 0 aliphatic heterocycles. The predicted molar refractivity (Wildman–Crippen MR) is 88.0 cm³/mol. The van der Waals surface area contributed by atoms with Crippen molar-refractivity contribution in [1.82, 2.24) is 0 Å². The summed E-state index contributed by atoms with van der Waals surface area (Å²) in [5.41, 5.74) is 0. The van der Waals surface area contributed by atoms with Crippen LogP contribution in [0, 0.1) is 0 Å². The summed E-state index contributed by atoms with van der Waals surface area (Å²) in [4.78, 5) is 10.9. The van der Waals surface area contributed by atoms with E-state index in [1.54, 1.807) is 0 Å². The molecule has 0 saturated carbocycles. The second-order valence-electron chi connectivity index (χ2n) is 5.95. The smallest absolute Gasteiger partial charge is 0.0473 e. The largest absolute Gasteiger partial charge is 0.829 e. The lowest BCUT2D eigenvalue weighted by molar-refractivity contribution is -0.158. The molecule has 0 aliphatic carbocycles. The van der Waals surface area contributed by atoms with Gasteiger partial charge in [-0.2, -0.15) is 0 Å². The van der Waals surface area contributed by atoms with Crippen molar-refractivity contribution >= 4 is 8.15 Å². The molecule has 0 bridgehead atoms. The molecular formula is C17H36OP-. The number of unbranched alkanes of at least 4 members (excludes halogenated alkanes) is 13. The Morgan fingerprint density at radius 3 is 1.21 bits per heavy atom. The molecule has 0 rings (SSSR count). The van der Waals surface area contributed by atoms with Crippen LogP contribution in [0.4, 0.5) is 0 Å². The second-order valence-corrected chi connectivity index (χ2v) is 7.65. The van der Waals surface area contributed by atoms with Gasteiger partial charge in [0.25, 0.3) is 0 Å². The van der Waals surface area contributed by atoms with Crippen LogP contribution >= 0.6 is 8.15 Å². The third-order valence-corrected chi connectivity index (χ3v) is 4.77. The Morgan fingerprint density at radius 2 is 0.895 bits per heavy atom.